The van der Waals surface area contributed by atoms with Gasteiger partial charge in [-0.3, -0.25) is 0 Å². The Morgan fingerprint density at radius 2 is 1.95 bits per heavy atom. The molecular weight excluding hydrogens is 300 g/mol. The van der Waals surface area contributed by atoms with Gasteiger partial charge in [0.1, 0.15) is 0 Å². The molecule has 0 fully saturated rings. The summed E-state index contributed by atoms with van der Waals surface area (Å²) < 4.78 is 74.3. The van der Waals surface area contributed by atoms with Crippen molar-refractivity contribution in [3.05, 3.63) is 29.8 Å². The van der Waals surface area contributed by atoms with Crippen molar-refractivity contribution in [1.29, 1.82) is 0 Å². The van der Waals surface area contributed by atoms with Gasteiger partial charge in [-0.1, -0.05) is 12.1 Å². The molecule has 0 bridgehead atoms. The molecule has 0 saturated heterocycles. The van der Waals surface area contributed by atoms with Crippen LogP contribution in [0.15, 0.2) is 29.2 Å². The van der Waals surface area contributed by atoms with E-state index in [1.54, 1.807) is 13.0 Å². The zero-order valence-electron chi connectivity index (χ0n) is 10.5. The molecule has 4 nitrogen and oxygen atoms in total. The second-order valence-corrected chi connectivity index (χ2v) is 6.01. The van der Waals surface area contributed by atoms with Crippen LogP contribution in [0.4, 0.5) is 17.6 Å². The highest BCUT2D eigenvalue weighted by Crippen LogP contribution is 2.23. The first kappa shape index (κ1) is 16.9. The van der Waals surface area contributed by atoms with Crippen LogP contribution in [0.25, 0.3) is 0 Å². The summed E-state index contributed by atoms with van der Waals surface area (Å²) in [6, 6.07) is 4.87. The van der Waals surface area contributed by atoms with E-state index in [4.69, 9.17) is 5.73 Å². The lowest BCUT2D eigenvalue weighted by Crippen LogP contribution is -2.41. The molecule has 1 aromatic carbocycles. The van der Waals surface area contributed by atoms with Crippen LogP contribution in [0.3, 0.4) is 0 Å². The number of rotatable bonds is 6. The summed E-state index contributed by atoms with van der Waals surface area (Å²) in [5.74, 6) is -4.42. The normalized spacial score (nSPS) is 14.6. The molecule has 0 heterocycles. The van der Waals surface area contributed by atoms with Gasteiger partial charge in [0, 0.05) is 6.04 Å². The van der Waals surface area contributed by atoms with Crippen molar-refractivity contribution < 1.29 is 26.0 Å². The second kappa shape index (κ2) is 6.06. The van der Waals surface area contributed by atoms with E-state index >= 15 is 0 Å². The Kier molecular flexibility index (Phi) is 5.11. The molecule has 20 heavy (non-hydrogen) atoms. The summed E-state index contributed by atoms with van der Waals surface area (Å²) in [5.41, 5.74) is 6.05. The van der Waals surface area contributed by atoms with Gasteiger partial charge in [-0.15, -0.1) is 0 Å². The summed E-state index contributed by atoms with van der Waals surface area (Å²) in [4.78, 5) is -0.308. The molecule has 1 unspecified atom stereocenters. The topological polar surface area (TPSA) is 72.2 Å². The van der Waals surface area contributed by atoms with Gasteiger partial charge in [-0.2, -0.15) is 8.78 Å². The molecule has 0 aliphatic heterocycles. The summed E-state index contributed by atoms with van der Waals surface area (Å²) >= 11 is 0. The third kappa shape index (κ3) is 4.15. The summed E-state index contributed by atoms with van der Waals surface area (Å²) in [5, 5.41) is 0. The van der Waals surface area contributed by atoms with Crippen LogP contribution in [-0.2, 0) is 10.0 Å². The molecule has 0 aliphatic rings. The fraction of sp³-hybridized carbons (Fsp3) is 0.455. The van der Waals surface area contributed by atoms with E-state index < -0.39 is 35.0 Å². The standard InChI is InChI=1S/C11H14F4N2O2S/c1-7(16)8-3-2-4-9(5-8)20(18,19)17-6-11(14,15)10(12)13/h2-5,7,10,17H,6,16H2,1H3. The monoisotopic (exact) mass is 314 g/mol. The SMILES string of the molecule is CC(N)c1cccc(S(=O)(=O)NCC(F)(F)C(F)F)c1. The largest absolute Gasteiger partial charge is 0.324 e. The minimum atomic E-state index is -4.42. The van der Waals surface area contributed by atoms with Gasteiger partial charge in [0.05, 0.1) is 11.4 Å². The number of nitrogens with one attached hydrogen (secondary N) is 1. The number of halogens is 4. The number of nitrogens with two attached hydrogens (primary N) is 1. The lowest BCUT2D eigenvalue weighted by Gasteiger charge is -2.16. The van der Waals surface area contributed by atoms with Crippen LogP contribution in [0.1, 0.15) is 18.5 Å². The molecule has 1 aromatic rings. The number of hydrogen-bond donors (Lipinski definition) is 2. The van der Waals surface area contributed by atoms with E-state index in [1.807, 2.05) is 0 Å². The maximum absolute atomic E-state index is 12.7. The van der Waals surface area contributed by atoms with Crippen LogP contribution in [-0.4, -0.2) is 27.3 Å². The van der Waals surface area contributed by atoms with Crippen molar-refractivity contribution >= 4 is 10.0 Å². The minimum Gasteiger partial charge on any atom is -0.324 e. The van der Waals surface area contributed by atoms with Gasteiger partial charge in [0.15, 0.2) is 0 Å². The first-order valence-electron chi connectivity index (χ1n) is 5.57. The quantitative estimate of drug-likeness (QED) is 0.788. The predicted molar refractivity (Wildman–Crippen MR) is 65.2 cm³/mol. The average Bonchev–Trinajstić information content (AvgIpc) is 2.36. The highest BCUT2D eigenvalue weighted by molar-refractivity contribution is 7.89. The van der Waals surface area contributed by atoms with Crippen molar-refractivity contribution in [2.45, 2.75) is 30.2 Å². The van der Waals surface area contributed by atoms with E-state index in [2.05, 4.69) is 0 Å². The maximum atomic E-state index is 12.7. The molecule has 9 heteroatoms. The molecule has 0 spiro atoms. The molecule has 1 atom stereocenters. The Morgan fingerprint density at radius 1 is 1.35 bits per heavy atom. The summed E-state index contributed by atoms with van der Waals surface area (Å²) in [6.45, 7) is -0.0560. The molecule has 1 rings (SSSR count). The van der Waals surface area contributed by atoms with Gasteiger partial charge < -0.3 is 5.73 Å². The summed E-state index contributed by atoms with van der Waals surface area (Å²) in [7, 11) is -4.30. The molecule has 3 N–H and O–H groups in total. The molecule has 0 radical (unpaired) electrons. The average molecular weight is 314 g/mol. The van der Waals surface area contributed by atoms with Crippen LogP contribution >= 0.6 is 0 Å². The van der Waals surface area contributed by atoms with Crippen molar-refractivity contribution in [3.63, 3.8) is 0 Å². The van der Waals surface area contributed by atoms with Crippen LogP contribution < -0.4 is 10.5 Å². The Labute approximate surface area is 114 Å². The second-order valence-electron chi connectivity index (χ2n) is 4.25. The van der Waals surface area contributed by atoms with Crippen molar-refractivity contribution in [1.82, 2.24) is 4.72 Å². The molecule has 114 valence electrons. The molecule has 0 saturated carbocycles. The number of alkyl halides is 4. The van der Waals surface area contributed by atoms with Crippen molar-refractivity contribution in [2.24, 2.45) is 5.73 Å². The highest BCUT2D eigenvalue weighted by atomic mass is 32.2. The number of hydrogen-bond acceptors (Lipinski definition) is 3. The molecule has 0 aromatic heterocycles. The molecule has 0 amide bonds. The fourth-order valence-electron chi connectivity index (χ4n) is 1.32. The lowest BCUT2D eigenvalue weighted by atomic mass is 10.1. The van der Waals surface area contributed by atoms with Gasteiger partial charge in [-0.05, 0) is 24.6 Å². The minimum absolute atomic E-state index is 0.308. The van der Waals surface area contributed by atoms with Gasteiger partial charge in [0.25, 0.3) is 0 Å². The third-order valence-corrected chi connectivity index (χ3v) is 3.91. The predicted octanol–water partition coefficient (Wildman–Crippen LogP) is 1.89. The Morgan fingerprint density at radius 3 is 2.45 bits per heavy atom. The van der Waals surface area contributed by atoms with Crippen LogP contribution in [0.5, 0.6) is 0 Å². The number of sulfonamides is 1. The van der Waals surface area contributed by atoms with Crippen molar-refractivity contribution in [3.8, 4) is 0 Å². The zero-order chi connectivity index (χ0) is 15.6. The van der Waals surface area contributed by atoms with E-state index in [9.17, 15) is 26.0 Å². The highest BCUT2D eigenvalue weighted by Gasteiger charge is 2.41. The van der Waals surface area contributed by atoms with Gasteiger partial charge in [0.2, 0.25) is 10.0 Å². The molecular formula is C11H14F4N2O2S. The van der Waals surface area contributed by atoms with E-state index in [0.717, 1.165) is 6.07 Å². The molecule has 0 aliphatic carbocycles. The van der Waals surface area contributed by atoms with Gasteiger partial charge >= 0.3 is 12.3 Å². The Hall–Kier alpha value is -1.19. The van der Waals surface area contributed by atoms with E-state index in [-0.39, 0.29) is 4.90 Å². The zero-order valence-corrected chi connectivity index (χ0v) is 11.3. The van der Waals surface area contributed by atoms with E-state index in [1.165, 1.54) is 16.9 Å². The van der Waals surface area contributed by atoms with E-state index in [0.29, 0.717) is 5.56 Å². The summed E-state index contributed by atoms with van der Waals surface area (Å²) in [6.07, 6.45) is -3.94. The van der Waals surface area contributed by atoms with Gasteiger partial charge in [-0.25, -0.2) is 21.9 Å². The smallest absolute Gasteiger partial charge is 0.320 e. The van der Waals surface area contributed by atoms with Crippen LogP contribution in [0.2, 0.25) is 0 Å². The Bertz CT molecular complexity index is 561. The fourth-order valence-corrected chi connectivity index (χ4v) is 2.41. The third-order valence-electron chi connectivity index (χ3n) is 2.51. The van der Waals surface area contributed by atoms with Crippen molar-refractivity contribution in [2.75, 3.05) is 6.54 Å². The number of benzene rings is 1. The Balaban J connectivity index is 2.92. The lowest BCUT2D eigenvalue weighted by molar-refractivity contribution is -0.122. The maximum Gasteiger partial charge on any atom is 0.320 e. The first-order valence-corrected chi connectivity index (χ1v) is 7.06. The van der Waals surface area contributed by atoms with Crippen LogP contribution in [0, 0.1) is 0 Å². The first-order chi connectivity index (χ1) is 9.06.